The van der Waals surface area contributed by atoms with Crippen molar-refractivity contribution in [2.75, 3.05) is 44.7 Å². The number of phenolic OH excluding ortho intramolecular Hbond substituents is 2. The number of para-hydroxylation sites is 1. The third-order valence-corrected chi connectivity index (χ3v) is 15.1. The van der Waals surface area contributed by atoms with Gasteiger partial charge in [0.2, 0.25) is 11.8 Å². The van der Waals surface area contributed by atoms with E-state index in [1.54, 1.807) is 24.3 Å². The molecular formula is C59H76N4O8. The van der Waals surface area contributed by atoms with E-state index < -0.39 is 17.1 Å². The van der Waals surface area contributed by atoms with Crippen molar-refractivity contribution in [2.45, 2.75) is 134 Å². The molecule has 0 aromatic heterocycles. The Kier molecular flexibility index (Phi) is 18.2. The maximum atomic E-state index is 12.6. The minimum Gasteiger partial charge on any atom is -0.504 e. The van der Waals surface area contributed by atoms with E-state index in [0.29, 0.717) is 68.5 Å². The highest BCUT2D eigenvalue weighted by Crippen LogP contribution is 2.64. The van der Waals surface area contributed by atoms with Crippen molar-refractivity contribution in [1.29, 1.82) is 0 Å². The van der Waals surface area contributed by atoms with Crippen LogP contribution in [-0.4, -0.2) is 106 Å². The highest BCUT2D eigenvalue weighted by atomic mass is 16.5. The van der Waals surface area contributed by atoms with E-state index in [4.69, 9.17) is 9.47 Å². The Labute approximate surface area is 421 Å². The number of unbranched alkanes of at least 4 members (excludes halogenated alkanes) is 2. The first-order chi connectivity index (χ1) is 34.3. The van der Waals surface area contributed by atoms with Gasteiger partial charge in [-0.1, -0.05) is 99.7 Å². The summed E-state index contributed by atoms with van der Waals surface area (Å²) < 4.78 is 11.0. The number of ketones is 1. The number of aliphatic hydroxyl groups is 1. The maximum absolute atomic E-state index is 12.6. The number of rotatable bonds is 17. The molecule has 2 bridgehead atoms. The lowest BCUT2D eigenvalue weighted by Gasteiger charge is -2.62. The quantitative estimate of drug-likeness (QED) is 0.0596. The molecule has 2 amide bonds. The molecule has 1 spiro atoms. The van der Waals surface area contributed by atoms with Crippen molar-refractivity contribution in [2.24, 2.45) is 5.92 Å². The molecule has 0 unspecified atom stereocenters. The molecule has 71 heavy (non-hydrogen) atoms. The van der Waals surface area contributed by atoms with Gasteiger partial charge in [-0.25, -0.2) is 0 Å². The smallest absolute Gasteiger partial charge is 0.226 e. The molecular weight excluding hydrogens is 893 g/mol. The summed E-state index contributed by atoms with van der Waals surface area (Å²) in [4.78, 5) is 43.8. The molecule has 9 rings (SSSR count). The summed E-state index contributed by atoms with van der Waals surface area (Å²) in [6.07, 6.45) is 15.0. The molecule has 3 heterocycles. The van der Waals surface area contributed by atoms with Crippen molar-refractivity contribution in [1.82, 2.24) is 15.1 Å². The van der Waals surface area contributed by atoms with Gasteiger partial charge in [-0.2, -0.15) is 0 Å². The fourth-order valence-corrected chi connectivity index (χ4v) is 11.5. The van der Waals surface area contributed by atoms with Gasteiger partial charge in [-0.3, -0.25) is 19.3 Å². The second-order valence-corrected chi connectivity index (χ2v) is 20.0. The van der Waals surface area contributed by atoms with E-state index in [1.807, 2.05) is 42.2 Å². The summed E-state index contributed by atoms with van der Waals surface area (Å²) in [7, 11) is 1.51. The van der Waals surface area contributed by atoms with Gasteiger partial charge in [0.15, 0.2) is 34.9 Å². The topological polar surface area (TPSA) is 152 Å². The Morgan fingerprint density at radius 3 is 2.35 bits per heavy atom. The maximum Gasteiger partial charge on any atom is 0.226 e. The number of Topliss-reactive ketones (excluding diaryl/α,β-unsaturated/α-hetero) is 1. The first-order valence-corrected chi connectivity index (χ1v) is 25.9. The number of nitrogens with one attached hydrogen (secondary N) is 1. The number of methoxy groups -OCH3 is 1. The molecule has 4 N–H and O–H groups in total. The monoisotopic (exact) mass is 969 g/mol. The average Bonchev–Trinajstić information content (AvgIpc) is 3.75. The molecule has 380 valence electrons. The Hall–Kier alpha value is -5.95. The lowest BCUT2D eigenvalue weighted by Crippen LogP contribution is -2.76. The van der Waals surface area contributed by atoms with E-state index in [9.17, 15) is 29.7 Å². The third kappa shape index (κ3) is 12.1. The summed E-state index contributed by atoms with van der Waals surface area (Å²) in [5.41, 5.74) is 3.60. The van der Waals surface area contributed by atoms with Crippen molar-refractivity contribution in [3.63, 3.8) is 0 Å². The van der Waals surface area contributed by atoms with Crippen LogP contribution in [0.15, 0.2) is 116 Å². The molecule has 2 aliphatic carbocycles. The number of carbonyl (C=O) groups excluding carboxylic acids is 3. The Balaban J connectivity index is 0.000000157. The van der Waals surface area contributed by atoms with Crippen LogP contribution in [0.2, 0.25) is 0 Å². The number of hydrogen-bond acceptors (Lipinski definition) is 10. The van der Waals surface area contributed by atoms with Gasteiger partial charge in [0.1, 0.15) is 0 Å². The van der Waals surface area contributed by atoms with Gasteiger partial charge in [0.25, 0.3) is 0 Å². The van der Waals surface area contributed by atoms with Gasteiger partial charge < -0.3 is 39.9 Å². The SMILES string of the molecule is C=CCN1CC[C@]23c4c5ccc(O)c4O[C@H]2C(=O)CC[C@@]3(O)[C@H]1C5.CCC(=O)N(c1ccccc1)C1CCN(CCc2ccccc2)CC1.COc1cc(CNC(=O)CCCC/C=C/C(C)C)ccc1O. The van der Waals surface area contributed by atoms with Gasteiger partial charge in [-0.05, 0) is 111 Å². The van der Waals surface area contributed by atoms with Gasteiger partial charge in [0, 0.05) is 81.9 Å². The van der Waals surface area contributed by atoms with Crippen LogP contribution in [-0.2, 0) is 39.2 Å². The predicted molar refractivity (Wildman–Crippen MR) is 280 cm³/mol. The van der Waals surface area contributed by atoms with Gasteiger partial charge in [0.05, 0.1) is 18.1 Å². The summed E-state index contributed by atoms with van der Waals surface area (Å²) in [6, 6.07) is 29.7. The Bertz CT molecular complexity index is 2450. The lowest BCUT2D eigenvalue weighted by atomic mass is 9.49. The van der Waals surface area contributed by atoms with Crippen molar-refractivity contribution < 1.29 is 39.2 Å². The lowest BCUT2D eigenvalue weighted by molar-refractivity contribution is -0.187. The van der Waals surface area contributed by atoms with Crippen LogP contribution >= 0.6 is 0 Å². The second-order valence-electron chi connectivity index (χ2n) is 20.0. The molecule has 12 nitrogen and oxygen atoms in total. The first-order valence-electron chi connectivity index (χ1n) is 25.9. The minimum absolute atomic E-state index is 0.0408. The standard InChI is InChI=1S/C22H28N2O.C19H21NO4.C18H27NO3/c1-2-22(25)24(20-11-7-4-8-12-20)21-14-17-23(18-15-21)16-13-19-9-5-3-6-10-19;1-2-8-20-9-7-18-15-11-3-4-12(21)16(15)24-17(18)13(22)5-6-19(18,23)14(20)10-11;1-14(2)8-6-4-5-7-9-18(21)19-13-15-10-11-16(20)17(12-15)22-3/h3-12,21H,2,13-18H2,1H3;2-4,14,17,21,23H,1,5-10H2;6,8,10-12,14,20H,4-5,7,9,13H2,1-3H3,(H,19,21)/b;;8-6+/t;14-,17+,18+,19-;/m.1./s1. The summed E-state index contributed by atoms with van der Waals surface area (Å²) >= 11 is 0. The van der Waals surface area contributed by atoms with E-state index in [2.05, 4.69) is 90.2 Å². The number of phenols is 2. The number of amides is 2. The summed E-state index contributed by atoms with van der Waals surface area (Å²) in [5, 5.41) is 34.5. The van der Waals surface area contributed by atoms with Crippen molar-refractivity contribution in [3.05, 3.63) is 138 Å². The molecule has 4 aromatic rings. The van der Waals surface area contributed by atoms with Crippen molar-refractivity contribution in [3.8, 4) is 23.0 Å². The molecule has 2 saturated heterocycles. The number of aromatic hydroxyl groups is 2. The zero-order chi connectivity index (χ0) is 50.5. The largest absolute Gasteiger partial charge is 0.504 e. The molecule has 3 aliphatic heterocycles. The zero-order valence-electron chi connectivity index (χ0n) is 42.4. The number of allylic oxidation sites excluding steroid dienone is 2. The normalized spacial score (nSPS) is 22.3. The molecule has 5 aliphatic rings. The Morgan fingerprint density at radius 1 is 0.944 bits per heavy atom. The molecule has 4 aromatic carbocycles. The number of nitrogens with zero attached hydrogens (tertiary/aromatic N) is 3. The number of piperidine rings is 2. The predicted octanol–water partition coefficient (Wildman–Crippen LogP) is 9.23. The van der Waals surface area contributed by atoms with Crippen LogP contribution in [0, 0.1) is 5.92 Å². The number of ether oxygens (including phenoxy) is 2. The molecule has 1 saturated carbocycles. The van der Waals surface area contributed by atoms with E-state index in [-0.39, 0.29) is 35.1 Å². The summed E-state index contributed by atoms with van der Waals surface area (Å²) in [5.74, 6) is 1.93. The average molecular weight is 969 g/mol. The molecule has 0 radical (unpaired) electrons. The van der Waals surface area contributed by atoms with Gasteiger partial charge >= 0.3 is 0 Å². The van der Waals surface area contributed by atoms with Crippen LogP contribution in [0.3, 0.4) is 0 Å². The first kappa shape index (κ1) is 52.9. The van der Waals surface area contributed by atoms with E-state index in [1.165, 1.54) is 12.7 Å². The molecule has 3 fully saturated rings. The Morgan fingerprint density at radius 2 is 1.66 bits per heavy atom. The van der Waals surface area contributed by atoms with Crippen LogP contribution in [0.4, 0.5) is 5.69 Å². The van der Waals surface area contributed by atoms with Crippen LogP contribution in [0.25, 0.3) is 0 Å². The fraction of sp³-hybridized carbons (Fsp3) is 0.475. The number of hydrogen-bond donors (Lipinski definition) is 4. The zero-order valence-corrected chi connectivity index (χ0v) is 42.4. The number of likely N-dealkylation sites (tertiary alicyclic amines) is 2. The fourth-order valence-electron chi connectivity index (χ4n) is 11.5. The van der Waals surface area contributed by atoms with Crippen LogP contribution in [0.1, 0.15) is 107 Å². The highest BCUT2D eigenvalue weighted by Gasteiger charge is 2.73. The molecule has 12 heteroatoms. The molecule has 4 atom stereocenters. The van der Waals surface area contributed by atoms with Crippen molar-refractivity contribution >= 4 is 23.3 Å². The number of anilines is 1. The third-order valence-electron chi connectivity index (χ3n) is 15.1. The van der Waals surface area contributed by atoms with Gasteiger partial charge in [-0.15, -0.1) is 6.58 Å². The number of benzene rings is 4. The van der Waals surface area contributed by atoms with Crippen LogP contribution < -0.4 is 19.7 Å². The number of carbonyl (C=O) groups is 3. The summed E-state index contributed by atoms with van der Waals surface area (Å²) in [6.45, 7) is 15.3. The highest BCUT2D eigenvalue weighted by molar-refractivity contribution is 5.94. The van der Waals surface area contributed by atoms with E-state index >= 15 is 0 Å². The van der Waals surface area contributed by atoms with E-state index in [0.717, 1.165) is 93.6 Å². The van der Waals surface area contributed by atoms with Crippen LogP contribution in [0.5, 0.6) is 23.0 Å². The minimum atomic E-state index is -1.00. The second kappa shape index (κ2) is 24.4.